The number of pyridine rings is 2. The highest BCUT2D eigenvalue weighted by Gasteiger charge is 2.31. The number of hydrogen-bond donors (Lipinski definition) is 1. The molecular formula is C19H17F5N6O2. The number of amides is 1. The minimum Gasteiger partial charge on any atom is -0.377 e. The van der Waals surface area contributed by atoms with E-state index >= 15 is 0 Å². The molecule has 32 heavy (non-hydrogen) atoms. The molecule has 0 aliphatic carbocycles. The number of rotatable bonds is 4. The van der Waals surface area contributed by atoms with Gasteiger partial charge in [-0.15, -0.1) is 0 Å². The first kappa shape index (κ1) is 21.9. The largest absolute Gasteiger partial charge is 0.408 e. The van der Waals surface area contributed by atoms with Crippen LogP contribution in [0.1, 0.15) is 10.5 Å². The van der Waals surface area contributed by atoms with Crippen molar-refractivity contribution in [2.24, 2.45) is 0 Å². The van der Waals surface area contributed by atoms with E-state index in [4.69, 9.17) is 4.74 Å². The van der Waals surface area contributed by atoms with Crippen molar-refractivity contribution in [3.63, 3.8) is 0 Å². The van der Waals surface area contributed by atoms with E-state index in [1.807, 2.05) is 0 Å². The summed E-state index contributed by atoms with van der Waals surface area (Å²) in [6.45, 7) is -1.52. The van der Waals surface area contributed by atoms with Crippen LogP contribution in [-0.2, 0) is 11.3 Å². The van der Waals surface area contributed by atoms with Gasteiger partial charge in [-0.2, -0.15) is 18.3 Å². The first-order chi connectivity index (χ1) is 15.2. The average Bonchev–Trinajstić information content (AvgIpc) is 2.89. The van der Waals surface area contributed by atoms with Gasteiger partial charge in [0.05, 0.1) is 30.7 Å². The number of carbonyl (C=O) groups is 1. The molecule has 1 saturated heterocycles. The molecule has 0 saturated carbocycles. The fourth-order valence-corrected chi connectivity index (χ4v) is 3.28. The van der Waals surface area contributed by atoms with Crippen molar-refractivity contribution >= 4 is 28.4 Å². The lowest BCUT2D eigenvalue weighted by molar-refractivity contribution is -0.141. The number of aromatic nitrogens is 4. The molecule has 0 bridgehead atoms. The van der Waals surface area contributed by atoms with Crippen LogP contribution in [-0.4, -0.2) is 69.2 Å². The molecule has 1 aliphatic rings. The number of nitrogens with one attached hydrogen (secondary N) is 1. The molecule has 1 fully saturated rings. The normalized spacial score (nSPS) is 17.4. The maximum absolute atomic E-state index is 13.8. The molecule has 0 aromatic carbocycles. The second-order valence-electron chi connectivity index (χ2n) is 7.12. The molecule has 3 aromatic rings. The van der Waals surface area contributed by atoms with E-state index in [2.05, 4.69) is 20.4 Å². The Kier molecular flexibility index (Phi) is 5.91. The lowest BCUT2D eigenvalue weighted by Crippen LogP contribution is -2.37. The van der Waals surface area contributed by atoms with Crippen LogP contribution in [0, 0.1) is 5.82 Å². The van der Waals surface area contributed by atoms with Crippen molar-refractivity contribution in [3.8, 4) is 0 Å². The van der Waals surface area contributed by atoms with Gasteiger partial charge in [-0.3, -0.25) is 14.5 Å². The van der Waals surface area contributed by atoms with Gasteiger partial charge in [0.1, 0.15) is 30.0 Å². The number of nitrogens with zero attached hydrogens (tertiary/aromatic N) is 5. The minimum absolute atomic E-state index is 0.0255. The van der Waals surface area contributed by atoms with E-state index < -0.39 is 30.6 Å². The zero-order valence-corrected chi connectivity index (χ0v) is 16.4. The molecule has 1 N–H and O–H groups in total. The molecule has 13 heteroatoms. The SMILES string of the molecule is O=C(c1cc2c(cn1)c(Nc1cc(F)ccn1)nn2CC(F)(F)F)N1CCOC[C@@H](F)C1. The van der Waals surface area contributed by atoms with Gasteiger partial charge in [0, 0.05) is 25.0 Å². The summed E-state index contributed by atoms with van der Waals surface area (Å²) in [6.07, 6.45) is -3.60. The van der Waals surface area contributed by atoms with Crippen LogP contribution >= 0.6 is 0 Å². The number of carbonyl (C=O) groups excluding carboxylic acids is 1. The lowest BCUT2D eigenvalue weighted by atomic mass is 10.2. The second kappa shape index (κ2) is 8.65. The summed E-state index contributed by atoms with van der Waals surface area (Å²) in [4.78, 5) is 21.9. The van der Waals surface area contributed by atoms with Crippen LogP contribution in [0.2, 0.25) is 0 Å². The zero-order valence-electron chi connectivity index (χ0n) is 16.4. The summed E-state index contributed by atoms with van der Waals surface area (Å²) in [6, 6.07) is 3.33. The molecule has 1 aliphatic heterocycles. The average molecular weight is 456 g/mol. The van der Waals surface area contributed by atoms with Crippen LogP contribution < -0.4 is 5.32 Å². The highest BCUT2D eigenvalue weighted by atomic mass is 19.4. The number of ether oxygens (including phenoxy) is 1. The van der Waals surface area contributed by atoms with Gasteiger partial charge >= 0.3 is 6.18 Å². The lowest BCUT2D eigenvalue weighted by Gasteiger charge is -2.20. The summed E-state index contributed by atoms with van der Waals surface area (Å²) in [7, 11) is 0. The topological polar surface area (TPSA) is 85.2 Å². The van der Waals surface area contributed by atoms with Gasteiger partial charge in [-0.05, 0) is 12.1 Å². The van der Waals surface area contributed by atoms with Crippen LogP contribution in [0.5, 0.6) is 0 Å². The Hall–Kier alpha value is -3.35. The molecule has 0 radical (unpaired) electrons. The molecule has 4 heterocycles. The summed E-state index contributed by atoms with van der Waals surface area (Å²) in [5.41, 5.74) is -0.187. The van der Waals surface area contributed by atoms with E-state index in [9.17, 15) is 26.7 Å². The van der Waals surface area contributed by atoms with Crippen molar-refractivity contribution in [1.82, 2.24) is 24.6 Å². The molecule has 8 nitrogen and oxygen atoms in total. The number of fused-ring (bicyclic) bond motifs is 1. The zero-order chi connectivity index (χ0) is 22.9. The third kappa shape index (κ3) is 4.93. The Balaban J connectivity index is 1.71. The summed E-state index contributed by atoms with van der Waals surface area (Å²) < 4.78 is 72.3. The highest BCUT2D eigenvalue weighted by Crippen LogP contribution is 2.28. The molecular weight excluding hydrogens is 439 g/mol. The minimum atomic E-state index is -4.59. The molecule has 3 aromatic heterocycles. The molecule has 170 valence electrons. The standard InChI is InChI=1S/C19H17F5N6O2/c20-11-1-2-25-16(5-11)27-17-13-7-26-14(6-15(13)30(28-17)10-19(22,23)24)18(31)29-3-4-32-9-12(21)8-29/h1-2,5-7,12H,3-4,8-10H2,(H,25,27,28)/t12-/m0/s1. The highest BCUT2D eigenvalue weighted by molar-refractivity contribution is 5.98. The quantitative estimate of drug-likeness (QED) is 0.608. The summed E-state index contributed by atoms with van der Waals surface area (Å²) in [5, 5.41) is 6.75. The van der Waals surface area contributed by atoms with E-state index in [1.54, 1.807) is 0 Å². The summed E-state index contributed by atoms with van der Waals surface area (Å²) in [5.74, 6) is -1.25. The van der Waals surface area contributed by atoms with E-state index in [0.717, 1.165) is 12.1 Å². The number of alkyl halides is 4. The maximum Gasteiger partial charge on any atom is 0.408 e. The van der Waals surface area contributed by atoms with Crippen molar-refractivity contribution in [2.45, 2.75) is 18.9 Å². The van der Waals surface area contributed by atoms with E-state index in [1.165, 1.54) is 23.4 Å². The van der Waals surface area contributed by atoms with Gasteiger partial charge in [0.25, 0.3) is 5.91 Å². The van der Waals surface area contributed by atoms with E-state index in [0.29, 0.717) is 4.68 Å². The molecule has 1 amide bonds. The van der Waals surface area contributed by atoms with Crippen molar-refractivity contribution in [1.29, 1.82) is 0 Å². The van der Waals surface area contributed by atoms with Crippen molar-refractivity contribution in [3.05, 3.63) is 42.1 Å². The Morgan fingerprint density at radius 1 is 1.28 bits per heavy atom. The van der Waals surface area contributed by atoms with E-state index in [-0.39, 0.29) is 54.5 Å². The smallest absolute Gasteiger partial charge is 0.377 e. The number of halogens is 5. The van der Waals surface area contributed by atoms with Gasteiger partial charge in [-0.25, -0.2) is 13.8 Å². The Bertz CT molecular complexity index is 1140. The third-order valence-corrected chi connectivity index (χ3v) is 4.66. The first-order valence-electron chi connectivity index (χ1n) is 9.52. The molecule has 1 atom stereocenters. The fraction of sp³-hybridized carbons (Fsp3) is 0.368. The summed E-state index contributed by atoms with van der Waals surface area (Å²) >= 11 is 0. The predicted octanol–water partition coefficient (Wildman–Crippen LogP) is 3.08. The van der Waals surface area contributed by atoms with Gasteiger partial charge in [0.2, 0.25) is 0 Å². The second-order valence-corrected chi connectivity index (χ2v) is 7.12. The van der Waals surface area contributed by atoms with Crippen molar-refractivity contribution in [2.75, 3.05) is 31.6 Å². The monoisotopic (exact) mass is 456 g/mol. The molecule has 0 spiro atoms. The third-order valence-electron chi connectivity index (χ3n) is 4.66. The fourth-order valence-electron chi connectivity index (χ4n) is 3.28. The van der Waals surface area contributed by atoms with Crippen LogP contribution in [0.4, 0.5) is 33.6 Å². The van der Waals surface area contributed by atoms with Gasteiger partial charge in [-0.1, -0.05) is 0 Å². The van der Waals surface area contributed by atoms with Crippen LogP contribution in [0.25, 0.3) is 10.9 Å². The van der Waals surface area contributed by atoms with Gasteiger partial charge < -0.3 is 15.0 Å². The Morgan fingerprint density at radius 2 is 2.09 bits per heavy atom. The predicted molar refractivity (Wildman–Crippen MR) is 103 cm³/mol. The number of anilines is 2. The Morgan fingerprint density at radius 3 is 2.84 bits per heavy atom. The number of hydrogen-bond acceptors (Lipinski definition) is 6. The Labute approximate surface area is 178 Å². The van der Waals surface area contributed by atoms with Crippen molar-refractivity contribution < 1.29 is 31.5 Å². The van der Waals surface area contributed by atoms with Crippen LogP contribution in [0.3, 0.4) is 0 Å². The van der Waals surface area contributed by atoms with Gasteiger partial charge in [0.15, 0.2) is 5.82 Å². The molecule has 0 unspecified atom stereocenters. The molecule has 4 rings (SSSR count). The van der Waals surface area contributed by atoms with Crippen LogP contribution in [0.15, 0.2) is 30.6 Å². The first-order valence-corrected chi connectivity index (χ1v) is 9.52. The maximum atomic E-state index is 13.8.